The second kappa shape index (κ2) is 3.64. The van der Waals surface area contributed by atoms with E-state index in [9.17, 15) is 0 Å². The van der Waals surface area contributed by atoms with Crippen LogP contribution in [0, 0.1) is 0 Å². The quantitative estimate of drug-likeness (QED) is 0.337. The topological polar surface area (TPSA) is 18.5 Å². The highest BCUT2D eigenvalue weighted by Crippen LogP contribution is 1.77. The molecular formula is C3H9AlO2. The van der Waals surface area contributed by atoms with Gasteiger partial charge in [-0.3, -0.25) is 0 Å². The van der Waals surface area contributed by atoms with Crippen molar-refractivity contribution in [2.45, 2.75) is 5.15 Å². The first-order valence-electron chi connectivity index (χ1n) is 1.87. The first-order valence-corrected chi connectivity index (χ1v) is 3.02. The molecule has 0 saturated heterocycles. The lowest BCUT2D eigenvalue weighted by molar-refractivity contribution is -0.0411. The van der Waals surface area contributed by atoms with Gasteiger partial charge in [-0.1, -0.05) is 0 Å². The van der Waals surface area contributed by atoms with E-state index in [4.69, 9.17) is 9.47 Å². The first kappa shape index (κ1) is 6.45. The number of hydrogen-bond donors (Lipinski definition) is 0. The molecule has 0 aliphatic heterocycles. The van der Waals surface area contributed by atoms with Crippen molar-refractivity contribution in [3.05, 3.63) is 0 Å². The van der Waals surface area contributed by atoms with Gasteiger partial charge in [0, 0.05) is 14.2 Å². The van der Waals surface area contributed by atoms with Gasteiger partial charge in [0.1, 0.15) is 0 Å². The maximum Gasteiger partial charge on any atom is 0.302 e. The molecule has 0 aromatic heterocycles. The summed E-state index contributed by atoms with van der Waals surface area (Å²) in [5.41, 5.74) is 0. The van der Waals surface area contributed by atoms with Crippen molar-refractivity contribution in [3.63, 3.8) is 0 Å². The van der Waals surface area contributed by atoms with Crippen LogP contribution in [0.3, 0.4) is 0 Å². The molecule has 3 heteroatoms. The summed E-state index contributed by atoms with van der Waals surface area (Å²) in [5.74, 6) is 0. The molecule has 0 radical (unpaired) electrons. The first-order chi connectivity index (χ1) is 2.81. The number of hydrogen-bond acceptors (Lipinski definition) is 2. The van der Waals surface area contributed by atoms with Gasteiger partial charge in [-0.05, 0) is 0 Å². The zero-order valence-corrected chi connectivity index (χ0v) is 6.39. The fraction of sp³-hybridized carbons (Fsp3) is 1.00. The number of rotatable bonds is 2. The zero-order chi connectivity index (χ0) is 4.99. The summed E-state index contributed by atoms with van der Waals surface area (Å²) in [6, 6.07) is 0. The van der Waals surface area contributed by atoms with Crippen LogP contribution in [-0.2, 0) is 9.47 Å². The molecule has 0 aliphatic carbocycles. The highest BCUT2D eigenvalue weighted by atomic mass is 27.0. The highest BCUT2D eigenvalue weighted by Gasteiger charge is 1.89. The van der Waals surface area contributed by atoms with E-state index in [1.54, 1.807) is 14.2 Å². The van der Waals surface area contributed by atoms with Crippen molar-refractivity contribution in [2.75, 3.05) is 14.2 Å². The van der Waals surface area contributed by atoms with Gasteiger partial charge < -0.3 is 9.47 Å². The Morgan fingerprint density at radius 2 is 1.67 bits per heavy atom. The molecule has 0 saturated carbocycles. The van der Waals surface area contributed by atoms with Crippen LogP contribution >= 0.6 is 0 Å². The minimum Gasteiger partial charge on any atom is -0.372 e. The number of ether oxygens (including phenoxy) is 2. The van der Waals surface area contributed by atoms with E-state index in [2.05, 4.69) is 0 Å². The molecule has 0 N–H and O–H groups in total. The largest absolute Gasteiger partial charge is 0.372 e. The summed E-state index contributed by atoms with van der Waals surface area (Å²) in [6.07, 6.45) is 0. The molecule has 2 nitrogen and oxygen atoms in total. The Kier molecular flexibility index (Phi) is 3.91. The predicted octanol–water partition coefficient (Wildman–Crippen LogP) is -0.804. The van der Waals surface area contributed by atoms with Gasteiger partial charge in [0.15, 0.2) is 0 Å². The molecule has 0 unspecified atom stereocenters. The molecule has 0 aromatic rings. The third kappa shape index (κ3) is 2.68. The van der Waals surface area contributed by atoms with Gasteiger partial charge in [-0.2, -0.15) is 0 Å². The van der Waals surface area contributed by atoms with E-state index in [0.29, 0.717) is 0 Å². The van der Waals surface area contributed by atoms with E-state index in [0.717, 1.165) is 16.3 Å². The third-order valence-electron chi connectivity index (χ3n) is 0.664. The van der Waals surface area contributed by atoms with Crippen molar-refractivity contribution in [2.24, 2.45) is 0 Å². The molecule has 0 fully saturated rings. The second-order valence-corrected chi connectivity index (χ2v) is 1.98. The lowest BCUT2D eigenvalue weighted by Gasteiger charge is -2.04. The molecule has 0 aromatic carbocycles. The summed E-state index contributed by atoms with van der Waals surface area (Å²) in [4.78, 5) is 0. The maximum absolute atomic E-state index is 4.74. The predicted molar refractivity (Wildman–Crippen MR) is 26.3 cm³/mol. The van der Waals surface area contributed by atoms with Crippen LogP contribution in [-0.4, -0.2) is 35.7 Å². The van der Waals surface area contributed by atoms with E-state index in [1.165, 1.54) is 0 Å². The van der Waals surface area contributed by atoms with Gasteiger partial charge in [-0.15, -0.1) is 0 Å². The normalized spacial score (nSPS) is 9.83. The van der Waals surface area contributed by atoms with Crippen molar-refractivity contribution in [3.8, 4) is 0 Å². The van der Waals surface area contributed by atoms with Gasteiger partial charge in [0.2, 0.25) is 0 Å². The SMILES string of the molecule is CO[CH]([AlH2])OC. The average Bonchev–Trinajstić information content (AvgIpc) is 1.65. The monoisotopic (exact) mass is 104 g/mol. The Hall–Kier alpha value is 0.452. The number of methoxy groups -OCH3 is 2. The molecule has 0 aliphatic rings. The highest BCUT2D eigenvalue weighted by molar-refractivity contribution is 6.09. The zero-order valence-electron chi connectivity index (χ0n) is 4.39. The van der Waals surface area contributed by atoms with Crippen LogP contribution in [0.5, 0.6) is 0 Å². The Labute approximate surface area is 45.9 Å². The fourth-order valence-electron chi connectivity index (χ4n) is 0.0962. The Morgan fingerprint density at radius 1 is 1.33 bits per heavy atom. The summed E-state index contributed by atoms with van der Waals surface area (Å²) in [5, 5.41) is 0.0741. The van der Waals surface area contributed by atoms with Crippen molar-refractivity contribution in [1.29, 1.82) is 0 Å². The van der Waals surface area contributed by atoms with Crippen molar-refractivity contribution in [1.82, 2.24) is 0 Å². The molecule has 0 heterocycles. The minimum absolute atomic E-state index is 0.0741. The van der Waals surface area contributed by atoms with Crippen molar-refractivity contribution >= 4 is 16.3 Å². The minimum atomic E-state index is 0.0741. The van der Waals surface area contributed by atoms with Crippen LogP contribution in [0.4, 0.5) is 0 Å². The van der Waals surface area contributed by atoms with Crippen LogP contribution in [0.15, 0.2) is 0 Å². The maximum atomic E-state index is 4.74. The van der Waals surface area contributed by atoms with Crippen LogP contribution in [0.25, 0.3) is 0 Å². The van der Waals surface area contributed by atoms with Crippen LogP contribution in [0.1, 0.15) is 0 Å². The van der Waals surface area contributed by atoms with E-state index < -0.39 is 0 Å². The Balaban J connectivity index is 2.75. The Morgan fingerprint density at radius 3 is 1.67 bits per heavy atom. The third-order valence-corrected chi connectivity index (χ3v) is 1.61. The Bertz CT molecular complexity index is 28.0. The van der Waals surface area contributed by atoms with Gasteiger partial charge in [0.05, 0.1) is 5.15 Å². The van der Waals surface area contributed by atoms with E-state index in [-0.39, 0.29) is 5.15 Å². The van der Waals surface area contributed by atoms with E-state index >= 15 is 0 Å². The molecular weight excluding hydrogens is 95.0 g/mol. The summed E-state index contributed by atoms with van der Waals surface area (Å²) < 4.78 is 9.48. The lowest BCUT2D eigenvalue weighted by Crippen LogP contribution is -2.11. The van der Waals surface area contributed by atoms with Gasteiger partial charge in [0.25, 0.3) is 0 Å². The molecule has 0 amide bonds. The van der Waals surface area contributed by atoms with Gasteiger partial charge >= 0.3 is 16.3 Å². The molecule has 0 bridgehead atoms. The molecule has 0 spiro atoms. The van der Waals surface area contributed by atoms with Crippen LogP contribution < -0.4 is 0 Å². The van der Waals surface area contributed by atoms with Crippen LogP contribution in [0.2, 0.25) is 0 Å². The molecule has 36 valence electrons. The summed E-state index contributed by atoms with van der Waals surface area (Å²) in [6.45, 7) is 0. The average molecular weight is 104 g/mol. The standard InChI is InChI=1S/C3H7O2.Al.2H/c1-4-3-5-2;;;/h3H,1-2H3;;;. The summed E-state index contributed by atoms with van der Waals surface area (Å²) >= 11 is 0.946. The molecule has 6 heavy (non-hydrogen) atoms. The molecule has 0 atom stereocenters. The van der Waals surface area contributed by atoms with Gasteiger partial charge in [-0.25, -0.2) is 0 Å². The van der Waals surface area contributed by atoms with E-state index in [1.807, 2.05) is 0 Å². The lowest BCUT2D eigenvalue weighted by atomic mass is 11.3. The fourth-order valence-corrected chi connectivity index (χ4v) is 0.0962. The molecule has 0 rings (SSSR count). The second-order valence-electron chi connectivity index (χ2n) is 1.04. The smallest absolute Gasteiger partial charge is 0.302 e. The summed E-state index contributed by atoms with van der Waals surface area (Å²) in [7, 11) is 3.28. The van der Waals surface area contributed by atoms with Crippen molar-refractivity contribution < 1.29 is 9.47 Å².